The Bertz CT molecular complexity index is 224. The molecule has 0 spiro atoms. The molecule has 0 atom stereocenters. The number of hydrogen-bond donors (Lipinski definition) is 2. The van der Waals surface area contributed by atoms with E-state index in [0.717, 1.165) is 5.92 Å². The second-order valence-electron chi connectivity index (χ2n) is 6.88. The zero-order chi connectivity index (χ0) is 16.5. The van der Waals surface area contributed by atoms with Crippen LogP contribution < -0.4 is 11.5 Å². The third kappa shape index (κ3) is 17.7. The first-order chi connectivity index (χ1) is 10.7. The predicted octanol–water partition coefficient (Wildman–Crippen LogP) is 6.07. The first-order valence-electron chi connectivity index (χ1n) is 9.71. The molecule has 1 aliphatic carbocycles. The molecule has 0 aliphatic heterocycles. The monoisotopic (exact) mass is 328 g/mol. The summed E-state index contributed by atoms with van der Waals surface area (Å²) in [4.78, 5) is 0. The van der Waals surface area contributed by atoms with Crippen LogP contribution in [0, 0.1) is 5.92 Å². The van der Waals surface area contributed by atoms with E-state index in [1.54, 1.807) is 0 Å². The molecule has 3 heteroatoms. The van der Waals surface area contributed by atoms with E-state index in [9.17, 15) is 0 Å². The van der Waals surface area contributed by atoms with Gasteiger partial charge in [-0.15, -0.1) is 0 Å². The molecule has 0 saturated heterocycles. The van der Waals surface area contributed by atoms with Crippen molar-refractivity contribution in [2.75, 3.05) is 0 Å². The molecule has 4 N–H and O–H groups in total. The fourth-order valence-corrected chi connectivity index (χ4v) is 3.48. The van der Waals surface area contributed by atoms with E-state index in [1.807, 2.05) is 0 Å². The van der Waals surface area contributed by atoms with Crippen LogP contribution in [0.1, 0.15) is 110 Å². The molecule has 0 radical (unpaired) electrons. The molecule has 0 aromatic heterocycles. The van der Waals surface area contributed by atoms with Gasteiger partial charge in [0.05, 0.1) is 0 Å². The van der Waals surface area contributed by atoms with E-state index < -0.39 is 0 Å². The highest BCUT2D eigenvalue weighted by Crippen LogP contribution is 2.23. The van der Waals surface area contributed by atoms with Gasteiger partial charge >= 0.3 is 0 Å². The Morgan fingerprint density at radius 2 is 1.00 bits per heavy atom. The Hall–Kier alpha value is -0.310. The largest absolute Gasteiger partial charge is 0.377 e. The third-order valence-corrected chi connectivity index (χ3v) is 4.67. The van der Waals surface area contributed by atoms with Crippen LogP contribution in [0.2, 0.25) is 0 Å². The lowest BCUT2D eigenvalue weighted by molar-refractivity contribution is 0.378. The maximum Gasteiger partial charge on any atom is 0.160 e. The minimum absolute atomic E-state index is 0.000000000000000222. The summed E-state index contributed by atoms with van der Waals surface area (Å²) in [6.45, 7) is 2.36. The van der Waals surface area contributed by atoms with Crippen LogP contribution in [0.4, 0.5) is 0 Å². The Kier molecular flexibility index (Phi) is 16.8. The van der Waals surface area contributed by atoms with Crippen molar-refractivity contribution in [1.82, 2.24) is 0 Å². The second kappa shape index (κ2) is 17.1. The molecule has 1 fully saturated rings. The molecule has 2 nitrogen and oxygen atoms in total. The Morgan fingerprint density at radius 1 is 0.727 bits per heavy atom. The molecule has 132 valence electrons. The van der Waals surface area contributed by atoms with Crippen molar-refractivity contribution < 1.29 is 0 Å². The summed E-state index contributed by atoms with van der Waals surface area (Å²) in [5, 5.41) is 0.000000000000000222. The SMILES string of the molecule is CCCC1CCCCCCCCCCCCCC1.NC(N)=S. The van der Waals surface area contributed by atoms with Crippen LogP contribution in [-0.4, -0.2) is 5.11 Å². The zero-order valence-electron chi connectivity index (χ0n) is 15.0. The van der Waals surface area contributed by atoms with Gasteiger partial charge in [-0.05, 0) is 18.1 Å². The topological polar surface area (TPSA) is 52.0 Å². The van der Waals surface area contributed by atoms with E-state index in [0.29, 0.717) is 0 Å². The molecule has 0 aromatic carbocycles. The molecule has 0 heterocycles. The highest BCUT2D eigenvalue weighted by atomic mass is 32.1. The standard InChI is InChI=1S/C18H36.CH4N2S/c1-2-15-18-16-13-11-9-7-5-3-4-6-8-10-12-14-17-18;2-1(3)4/h18H,2-17H2,1H3;(H4,2,3,4). The van der Waals surface area contributed by atoms with Crippen LogP contribution in [-0.2, 0) is 0 Å². The average molecular weight is 329 g/mol. The van der Waals surface area contributed by atoms with Gasteiger partial charge in [-0.1, -0.05) is 110 Å². The first-order valence-corrected chi connectivity index (χ1v) is 10.1. The van der Waals surface area contributed by atoms with Gasteiger partial charge in [0.15, 0.2) is 5.11 Å². The maximum atomic E-state index is 4.62. The quantitative estimate of drug-likeness (QED) is 0.605. The fourth-order valence-electron chi connectivity index (χ4n) is 3.48. The lowest BCUT2D eigenvalue weighted by atomic mass is 9.91. The van der Waals surface area contributed by atoms with Crippen molar-refractivity contribution >= 4 is 17.3 Å². The number of hydrogen-bond acceptors (Lipinski definition) is 1. The number of rotatable bonds is 2. The fraction of sp³-hybridized carbons (Fsp3) is 0.947. The minimum Gasteiger partial charge on any atom is -0.377 e. The van der Waals surface area contributed by atoms with E-state index in [2.05, 4.69) is 30.6 Å². The molecule has 1 saturated carbocycles. The molecule has 0 unspecified atom stereocenters. The molecule has 1 rings (SSSR count). The van der Waals surface area contributed by atoms with Gasteiger partial charge in [0, 0.05) is 0 Å². The third-order valence-electron chi connectivity index (χ3n) is 4.67. The molecule has 22 heavy (non-hydrogen) atoms. The molecule has 0 amide bonds. The molecule has 0 aromatic rings. The number of thiocarbonyl (C=S) groups is 1. The van der Waals surface area contributed by atoms with Crippen molar-refractivity contribution in [3.05, 3.63) is 0 Å². The Balaban J connectivity index is 0.000000980. The zero-order valence-corrected chi connectivity index (χ0v) is 15.8. The molecular formula is C19H40N2S. The minimum atomic E-state index is 0.000000000000000222. The first kappa shape index (κ1) is 21.7. The van der Waals surface area contributed by atoms with Crippen LogP contribution >= 0.6 is 12.2 Å². The Morgan fingerprint density at radius 3 is 1.27 bits per heavy atom. The lowest BCUT2D eigenvalue weighted by Crippen LogP contribution is -2.18. The van der Waals surface area contributed by atoms with Crippen molar-refractivity contribution in [3.8, 4) is 0 Å². The van der Waals surface area contributed by atoms with E-state index in [4.69, 9.17) is 0 Å². The summed E-state index contributed by atoms with van der Waals surface area (Å²) in [5.41, 5.74) is 9.24. The average Bonchev–Trinajstić information content (AvgIpc) is 2.47. The summed E-state index contributed by atoms with van der Waals surface area (Å²) >= 11 is 4.09. The van der Waals surface area contributed by atoms with Crippen molar-refractivity contribution in [2.45, 2.75) is 110 Å². The van der Waals surface area contributed by atoms with E-state index in [-0.39, 0.29) is 5.11 Å². The summed E-state index contributed by atoms with van der Waals surface area (Å²) in [5.74, 6) is 1.06. The lowest BCUT2D eigenvalue weighted by Gasteiger charge is -2.15. The van der Waals surface area contributed by atoms with Crippen LogP contribution in [0.5, 0.6) is 0 Å². The maximum absolute atomic E-state index is 4.62. The molecular weight excluding hydrogens is 288 g/mol. The molecule has 1 aliphatic rings. The second-order valence-corrected chi connectivity index (χ2v) is 7.35. The predicted molar refractivity (Wildman–Crippen MR) is 104 cm³/mol. The Labute approximate surface area is 144 Å². The highest BCUT2D eigenvalue weighted by molar-refractivity contribution is 7.80. The smallest absolute Gasteiger partial charge is 0.160 e. The summed E-state index contributed by atoms with van der Waals surface area (Å²) in [7, 11) is 0. The van der Waals surface area contributed by atoms with Crippen molar-refractivity contribution in [1.29, 1.82) is 0 Å². The van der Waals surface area contributed by atoms with Gasteiger partial charge < -0.3 is 11.5 Å². The summed E-state index contributed by atoms with van der Waals surface area (Å²) in [6.07, 6.45) is 23.9. The normalized spacial score (nSPS) is 20.0. The van der Waals surface area contributed by atoms with Gasteiger partial charge in [-0.25, -0.2) is 0 Å². The number of nitrogens with two attached hydrogens (primary N) is 2. The van der Waals surface area contributed by atoms with E-state index in [1.165, 1.54) is 103 Å². The van der Waals surface area contributed by atoms with Gasteiger partial charge in [-0.2, -0.15) is 0 Å². The van der Waals surface area contributed by atoms with Crippen molar-refractivity contribution in [3.63, 3.8) is 0 Å². The summed E-state index contributed by atoms with van der Waals surface area (Å²) < 4.78 is 0. The van der Waals surface area contributed by atoms with Gasteiger partial charge in [-0.3, -0.25) is 0 Å². The van der Waals surface area contributed by atoms with E-state index >= 15 is 0 Å². The van der Waals surface area contributed by atoms with Crippen LogP contribution in [0.25, 0.3) is 0 Å². The molecule has 0 bridgehead atoms. The van der Waals surface area contributed by atoms with Crippen LogP contribution in [0.3, 0.4) is 0 Å². The summed E-state index contributed by atoms with van der Waals surface area (Å²) in [6, 6.07) is 0. The van der Waals surface area contributed by atoms with Gasteiger partial charge in [0.25, 0.3) is 0 Å². The highest BCUT2D eigenvalue weighted by Gasteiger charge is 2.07. The van der Waals surface area contributed by atoms with Gasteiger partial charge in [0.2, 0.25) is 0 Å². The van der Waals surface area contributed by atoms with Crippen molar-refractivity contribution in [2.24, 2.45) is 17.4 Å². The van der Waals surface area contributed by atoms with Crippen LogP contribution in [0.15, 0.2) is 0 Å². The van der Waals surface area contributed by atoms with Gasteiger partial charge in [0.1, 0.15) is 0 Å².